The van der Waals surface area contributed by atoms with Gasteiger partial charge in [0.15, 0.2) is 0 Å². The number of para-hydroxylation sites is 1. The number of hydrogen-bond donors (Lipinski definition) is 0. The summed E-state index contributed by atoms with van der Waals surface area (Å²) in [6, 6.07) is 30.5. The summed E-state index contributed by atoms with van der Waals surface area (Å²) < 4.78 is 0. The second kappa shape index (κ2) is 6.77. The van der Waals surface area contributed by atoms with E-state index in [2.05, 4.69) is 108 Å². The highest BCUT2D eigenvalue weighted by Gasteiger charge is 2.18. The van der Waals surface area contributed by atoms with Crippen molar-refractivity contribution in [2.24, 2.45) is 0 Å². The van der Waals surface area contributed by atoms with Crippen molar-refractivity contribution in [3.05, 3.63) is 109 Å². The summed E-state index contributed by atoms with van der Waals surface area (Å²) >= 11 is 0. The maximum absolute atomic E-state index is 2.43. The van der Waals surface area contributed by atoms with Crippen LogP contribution < -0.4 is 4.90 Å². The van der Waals surface area contributed by atoms with Gasteiger partial charge in [-0.25, -0.2) is 0 Å². The summed E-state index contributed by atoms with van der Waals surface area (Å²) in [6.07, 6.45) is 8.80. The van der Waals surface area contributed by atoms with Gasteiger partial charge in [0.1, 0.15) is 0 Å². The average molecular weight is 347 g/mol. The van der Waals surface area contributed by atoms with Gasteiger partial charge in [-0.15, -0.1) is 0 Å². The van der Waals surface area contributed by atoms with Gasteiger partial charge < -0.3 is 4.90 Å². The first kappa shape index (κ1) is 15.9. The molecule has 5 rings (SSSR count). The summed E-state index contributed by atoms with van der Waals surface area (Å²) in [5.41, 5.74) is 3.79. The Labute approximate surface area is 159 Å². The fraction of sp³-hybridized carbons (Fsp3) is 0.0769. The predicted molar refractivity (Wildman–Crippen MR) is 116 cm³/mol. The molecule has 130 valence electrons. The van der Waals surface area contributed by atoms with Crippen molar-refractivity contribution < 1.29 is 0 Å². The number of fused-ring (bicyclic) bond motifs is 3. The van der Waals surface area contributed by atoms with E-state index in [4.69, 9.17) is 0 Å². The molecular weight excluding hydrogens is 326 g/mol. The molecule has 1 aliphatic rings. The average Bonchev–Trinajstić information content (AvgIpc) is 2.76. The lowest BCUT2D eigenvalue weighted by Crippen LogP contribution is -2.17. The van der Waals surface area contributed by atoms with Gasteiger partial charge >= 0.3 is 0 Å². The lowest BCUT2D eigenvalue weighted by molar-refractivity contribution is 0.919. The highest BCUT2D eigenvalue weighted by atomic mass is 15.1. The lowest BCUT2D eigenvalue weighted by Gasteiger charge is -2.30. The van der Waals surface area contributed by atoms with Crippen LogP contribution >= 0.6 is 0 Å². The number of nitrogens with zero attached hydrogens (tertiary/aromatic N) is 1. The molecule has 0 amide bonds. The Hall–Kier alpha value is -3.32. The van der Waals surface area contributed by atoms with E-state index in [-0.39, 0.29) is 0 Å². The van der Waals surface area contributed by atoms with E-state index in [0.29, 0.717) is 0 Å². The van der Waals surface area contributed by atoms with Crippen LogP contribution in [0.4, 0.5) is 11.4 Å². The normalized spacial score (nSPS) is 13.7. The van der Waals surface area contributed by atoms with E-state index in [9.17, 15) is 0 Å². The van der Waals surface area contributed by atoms with Crippen molar-refractivity contribution in [2.75, 3.05) is 4.90 Å². The van der Waals surface area contributed by atoms with Gasteiger partial charge in [0.2, 0.25) is 0 Å². The maximum Gasteiger partial charge on any atom is 0.0543 e. The third kappa shape index (κ3) is 2.82. The Bertz CT molecular complexity index is 1170. The van der Waals surface area contributed by atoms with Crippen molar-refractivity contribution in [1.82, 2.24) is 0 Å². The molecule has 4 aromatic rings. The summed E-state index contributed by atoms with van der Waals surface area (Å²) in [4.78, 5) is 2.43. The third-order valence-electron chi connectivity index (χ3n) is 5.28. The predicted octanol–water partition coefficient (Wildman–Crippen LogP) is 7.37. The maximum atomic E-state index is 2.43. The van der Waals surface area contributed by atoms with Crippen LogP contribution in [0, 0.1) is 0 Å². The number of benzene rings is 4. The fourth-order valence-corrected chi connectivity index (χ4v) is 4.03. The summed E-state index contributed by atoms with van der Waals surface area (Å²) in [5.74, 6) is 0. The standard InChI is InChI=1S/C26H21N/c1-3-12-21(13-4-1)27(22-14-5-2-6-15-22)26-19-20-11-7-8-16-23(20)24-17-9-10-18-25(24)26/h1-5,7-14,16-19H,6,15H2. The smallest absolute Gasteiger partial charge is 0.0543 e. The van der Waals surface area contributed by atoms with E-state index in [1.54, 1.807) is 0 Å². The minimum absolute atomic E-state index is 1.05. The number of rotatable bonds is 3. The summed E-state index contributed by atoms with van der Waals surface area (Å²) in [6.45, 7) is 0. The molecule has 0 aliphatic heterocycles. The molecule has 0 N–H and O–H groups in total. The highest BCUT2D eigenvalue weighted by Crippen LogP contribution is 2.40. The minimum Gasteiger partial charge on any atom is -0.314 e. The molecule has 0 bridgehead atoms. The first-order chi connectivity index (χ1) is 13.4. The van der Waals surface area contributed by atoms with E-state index < -0.39 is 0 Å². The van der Waals surface area contributed by atoms with Crippen molar-refractivity contribution in [3.63, 3.8) is 0 Å². The topological polar surface area (TPSA) is 3.24 Å². The zero-order valence-electron chi connectivity index (χ0n) is 15.2. The molecule has 0 atom stereocenters. The molecule has 0 fully saturated rings. The molecule has 27 heavy (non-hydrogen) atoms. The van der Waals surface area contributed by atoms with Crippen molar-refractivity contribution in [2.45, 2.75) is 12.8 Å². The third-order valence-corrected chi connectivity index (χ3v) is 5.28. The van der Waals surface area contributed by atoms with Gasteiger partial charge in [0.05, 0.1) is 5.69 Å². The largest absolute Gasteiger partial charge is 0.314 e. The van der Waals surface area contributed by atoms with Crippen LogP contribution in [-0.4, -0.2) is 0 Å². The van der Waals surface area contributed by atoms with Crippen LogP contribution in [0.3, 0.4) is 0 Å². The van der Waals surface area contributed by atoms with Gasteiger partial charge in [-0.05, 0) is 53.3 Å². The van der Waals surface area contributed by atoms with Crippen LogP contribution in [0.15, 0.2) is 109 Å². The van der Waals surface area contributed by atoms with Gasteiger partial charge in [-0.3, -0.25) is 0 Å². The Morgan fingerprint density at radius 1 is 0.667 bits per heavy atom. The molecule has 1 nitrogen and oxygen atoms in total. The number of anilines is 2. The second-order valence-electron chi connectivity index (χ2n) is 6.96. The van der Waals surface area contributed by atoms with Crippen LogP contribution in [0.25, 0.3) is 21.5 Å². The number of hydrogen-bond acceptors (Lipinski definition) is 1. The molecule has 0 saturated carbocycles. The van der Waals surface area contributed by atoms with E-state index in [1.165, 1.54) is 38.6 Å². The molecule has 0 heterocycles. The molecule has 0 spiro atoms. The van der Waals surface area contributed by atoms with E-state index >= 15 is 0 Å². The lowest BCUT2D eigenvalue weighted by atomic mass is 9.98. The molecule has 0 saturated heterocycles. The van der Waals surface area contributed by atoms with Crippen molar-refractivity contribution in [3.8, 4) is 0 Å². The Kier molecular flexibility index (Phi) is 3.99. The minimum atomic E-state index is 1.05. The quantitative estimate of drug-likeness (QED) is 0.350. The zero-order valence-corrected chi connectivity index (χ0v) is 15.2. The SMILES string of the molecule is C1=CCCC(N(c2ccccc2)c2cc3ccccc3c3ccccc23)=C1. The zero-order chi connectivity index (χ0) is 18.1. The van der Waals surface area contributed by atoms with Crippen LogP contribution in [0.2, 0.25) is 0 Å². The molecular formula is C26H21N. The first-order valence-electron chi connectivity index (χ1n) is 9.53. The Morgan fingerprint density at radius 3 is 2.15 bits per heavy atom. The van der Waals surface area contributed by atoms with Crippen molar-refractivity contribution in [1.29, 1.82) is 0 Å². The molecule has 0 radical (unpaired) electrons. The van der Waals surface area contributed by atoms with Crippen molar-refractivity contribution >= 4 is 32.9 Å². The molecule has 4 aromatic carbocycles. The summed E-state index contributed by atoms with van der Waals surface area (Å²) in [7, 11) is 0. The molecule has 1 heteroatoms. The Balaban J connectivity index is 1.84. The number of allylic oxidation sites excluding steroid dienone is 4. The van der Waals surface area contributed by atoms with E-state index in [1.807, 2.05) is 0 Å². The second-order valence-corrected chi connectivity index (χ2v) is 6.96. The van der Waals surface area contributed by atoms with Gasteiger partial charge in [0.25, 0.3) is 0 Å². The van der Waals surface area contributed by atoms with Crippen LogP contribution in [0.5, 0.6) is 0 Å². The Morgan fingerprint density at radius 2 is 1.37 bits per heavy atom. The molecule has 0 aromatic heterocycles. The van der Waals surface area contributed by atoms with Gasteiger partial charge in [-0.2, -0.15) is 0 Å². The van der Waals surface area contributed by atoms with Crippen LogP contribution in [-0.2, 0) is 0 Å². The molecule has 1 aliphatic carbocycles. The van der Waals surface area contributed by atoms with E-state index in [0.717, 1.165) is 12.8 Å². The van der Waals surface area contributed by atoms with Crippen LogP contribution in [0.1, 0.15) is 12.8 Å². The fourth-order valence-electron chi connectivity index (χ4n) is 4.03. The van der Waals surface area contributed by atoms with Gasteiger partial charge in [0, 0.05) is 16.8 Å². The molecule has 0 unspecified atom stereocenters. The van der Waals surface area contributed by atoms with Gasteiger partial charge in [-0.1, -0.05) is 78.9 Å². The summed E-state index contributed by atoms with van der Waals surface area (Å²) in [5, 5.41) is 5.18. The highest BCUT2D eigenvalue weighted by molar-refractivity contribution is 6.14. The first-order valence-corrected chi connectivity index (χ1v) is 9.53. The monoisotopic (exact) mass is 347 g/mol.